The number of ether oxygens (including phenoxy) is 2. The Morgan fingerprint density at radius 1 is 1.36 bits per heavy atom. The zero-order valence-electron chi connectivity index (χ0n) is 17.4. The van der Waals surface area contributed by atoms with Gasteiger partial charge in [-0.2, -0.15) is 5.10 Å². The van der Waals surface area contributed by atoms with Crippen molar-refractivity contribution in [2.24, 2.45) is 5.92 Å². The van der Waals surface area contributed by atoms with Crippen LogP contribution >= 0.6 is 0 Å². The Morgan fingerprint density at radius 2 is 2.18 bits per heavy atom. The third-order valence-corrected chi connectivity index (χ3v) is 6.02. The van der Waals surface area contributed by atoms with Crippen LogP contribution in [0.2, 0.25) is 0 Å². The Balaban J connectivity index is 1.52. The van der Waals surface area contributed by atoms with E-state index in [1.54, 1.807) is 0 Å². The van der Waals surface area contributed by atoms with E-state index in [4.69, 9.17) is 9.47 Å². The van der Waals surface area contributed by atoms with E-state index in [-0.39, 0.29) is 17.9 Å². The Labute approximate surface area is 168 Å². The third-order valence-electron chi connectivity index (χ3n) is 6.02. The molecule has 2 aliphatic rings. The highest BCUT2D eigenvalue weighted by atomic mass is 16.5. The molecule has 1 saturated heterocycles. The largest absolute Gasteiger partial charge is 0.381 e. The predicted octanol–water partition coefficient (Wildman–Crippen LogP) is 2.14. The normalized spacial score (nSPS) is 26.3. The maximum atomic E-state index is 13.0. The molecule has 1 aromatic heterocycles. The molecule has 28 heavy (non-hydrogen) atoms. The van der Waals surface area contributed by atoms with Crippen molar-refractivity contribution < 1.29 is 14.3 Å². The molecule has 0 unspecified atom stereocenters. The molecule has 2 heterocycles. The highest BCUT2D eigenvalue weighted by Crippen LogP contribution is 2.29. The first-order chi connectivity index (χ1) is 13.7. The number of hydrogen-bond acceptors (Lipinski definition) is 5. The minimum atomic E-state index is 0.0592. The molecule has 3 atom stereocenters. The summed E-state index contributed by atoms with van der Waals surface area (Å²) in [6, 6.07) is 0.853. The number of carbonyl (C=O) groups excluding carboxylic acids is 1. The summed E-state index contributed by atoms with van der Waals surface area (Å²) in [6.07, 6.45) is 10.5. The van der Waals surface area contributed by atoms with Crippen LogP contribution in [-0.4, -0.2) is 72.6 Å². The molecule has 158 valence electrons. The van der Waals surface area contributed by atoms with Crippen LogP contribution in [0.4, 0.5) is 0 Å². The van der Waals surface area contributed by atoms with Gasteiger partial charge in [0.1, 0.15) is 0 Å². The van der Waals surface area contributed by atoms with Gasteiger partial charge in [-0.05, 0) is 50.5 Å². The molecule has 0 spiro atoms. The molecule has 7 heteroatoms. The minimum absolute atomic E-state index is 0.0592. The summed E-state index contributed by atoms with van der Waals surface area (Å²) in [5, 5.41) is 10.6. The molecule has 0 aromatic carbocycles. The van der Waals surface area contributed by atoms with Crippen LogP contribution in [0.5, 0.6) is 0 Å². The SMILES string of the molecule is CCCO[C@H]1C[C@@H](C(=O)N(C)CCc2cn[nH]c2)CC[C@@H]1NC1CCOCC1. The zero-order chi connectivity index (χ0) is 19.8. The number of nitrogens with zero attached hydrogens (tertiary/aromatic N) is 2. The van der Waals surface area contributed by atoms with E-state index in [1.807, 2.05) is 24.3 Å². The van der Waals surface area contributed by atoms with Crippen LogP contribution < -0.4 is 5.32 Å². The summed E-state index contributed by atoms with van der Waals surface area (Å²) in [4.78, 5) is 14.9. The Kier molecular flexibility index (Phi) is 8.30. The summed E-state index contributed by atoms with van der Waals surface area (Å²) < 4.78 is 11.7. The molecule has 1 aliphatic heterocycles. The lowest BCUT2D eigenvalue weighted by Gasteiger charge is -2.39. The van der Waals surface area contributed by atoms with E-state index in [2.05, 4.69) is 22.4 Å². The molecular formula is C21H36N4O3. The summed E-state index contributed by atoms with van der Waals surface area (Å²) in [7, 11) is 1.91. The lowest BCUT2D eigenvalue weighted by atomic mass is 9.82. The molecule has 1 aromatic rings. The third kappa shape index (κ3) is 6.03. The van der Waals surface area contributed by atoms with Crippen molar-refractivity contribution >= 4 is 5.91 Å². The number of amides is 1. The highest BCUT2D eigenvalue weighted by molar-refractivity contribution is 5.78. The number of aromatic amines is 1. The van der Waals surface area contributed by atoms with Gasteiger partial charge in [0.2, 0.25) is 5.91 Å². The lowest BCUT2D eigenvalue weighted by molar-refractivity contribution is -0.138. The van der Waals surface area contributed by atoms with Crippen LogP contribution in [0.15, 0.2) is 12.4 Å². The second-order valence-corrected chi connectivity index (χ2v) is 8.20. The molecular weight excluding hydrogens is 356 g/mol. The van der Waals surface area contributed by atoms with Gasteiger partial charge in [0.05, 0.1) is 12.3 Å². The van der Waals surface area contributed by atoms with Gasteiger partial charge in [0, 0.05) is 57.6 Å². The molecule has 2 fully saturated rings. The Hall–Kier alpha value is -1.44. The van der Waals surface area contributed by atoms with Gasteiger partial charge < -0.3 is 19.7 Å². The van der Waals surface area contributed by atoms with E-state index in [0.717, 1.165) is 76.9 Å². The predicted molar refractivity (Wildman–Crippen MR) is 108 cm³/mol. The molecule has 0 radical (unpaired) electrons. The average molecular weight is 393 g/mol. The van der Waals surface area contributed by atoms with Crippen molar-refractivity contribution in [1.29, 1.82) is 0 Å². The summed E-state index contributed by atoms with van der Waals surface area (Å²) >= 11 is 0. The smallest absolute Gasteiger partial charge is 0.225 e. The number of hydrogen-bond donors (Lipinski definition) is 2. The van der Waals surface area contributed by atoms with Gasteiger partial charge in [0.15, 0.2) is 0 Å². The van der Waals surface area contributed by atoms with Crippen molar-refractivity contribution in [1.82, 2.24) is 20.4 Å². The van der Waals surface area contributed by atoms with E-state index in [0.29, 0.717) is 12.1 Å². The fraction of sp³-hybridized carbons (Fsp3) is 0.810. The standard InChI is InChI=1S/C21H36N4O3/c1-3-10-28-20-13-17(4-5-19(20)24-18-7-11-27-12-8-18)21(26)25(2)9-6-16-14-22-23-15-16/h14-15,17-20,24H,3-13H2,1-2H3,(H,22,23)/t17-,19-,20-/m0/s1. The van der Waals surface area contributed by atoms with Gasteiger partial charge in [-0.3, -0.25) is 9.89 Å². The van der Waals surface area contributed by atoms with Gasteiger partial charge in [-0.15, -0.1) is 0 Å². The molecule has 1 amide bonds. The monoisotopic (exact) mass is 392 g/mol. The molecule has 1 saturated carbocycles. The quantitative estimate of drug-likeness (QED) is 0.673. The van der Waals surface area contributed by atoms with Crippen molar-refractivity contribution in [3.63, 3.8) is 0 Å². The molecule has 7 nitrogen and oxygen atoms in total. The van der Waals surface area contributed by atoms with Crippen molar-refractivity contribution in [2.75, 3.05) is 33.4 Å². The Bertz CT molecular complexity index is 574. The zero-order valence-corrected chi connectivity index (χ0v) is 17.4. The summed E-state index contributed by atoms with van der Waals surface area (Å²) in [5.74, 6) is 0.307. The second kappa shape index (κ2) is 10.9. The van der Waals surface area contributed by atoms with Crippen LogP contribution in [0.3, 0.4) is 0 Å². The number of H-pyrrole nitrogens is 1. The second-order valence-electron chi connectivity index (χ2n) is 8.20. The number of nitrogens with one attached hydrogen (secondary N) is 2. The first kappa shape index (κ1) is 21.3. The molecule has 3 rings (SSSR count). The van der Waals surface area contributed by atoms with Gasteiger partial charge in [0.25, 0.3) is 0 Å². The number of rotatable bonds is 9. The van der Waals surface area contributed by atoms with Crippen molar-refractivity contribution in [2.45, 2.75) is 70.1 Å². The van der Waals surface area contributed by atoms with E-state index >= 15 is 0 Å². The van der Waals surface area contributed by atoms with E-state index in [1.165, 1.54) is 0 Å². The fourth-order valence-electron chi connectivity index (χ4n) is 4.30. The first-order valence-electron chi connectivity index (χ1n) is 10.9. The van der Waals surface area contributed by atoms with E-state index in [9.17, 15) is 4.79 Å². The van der Waals surface area contributed by atoms with Gasteiger partial charge >= 0.3 is 0 Å². The average Bonchev–Trinajstić information content (AvgIpc) is 3.25. The van der Waals surface area contributed by atoms with Crippen LogP contribution in [-0.2, 0) is 20.7 Å². The summed E-state index contributed by atoms with van der Waals surface area (Å²) in [5.41, 5.74) is 1.13. The fourth-order valence-corrected chi connectivity index (χ4v) is 4.30. The topological polar surface area (TPSA) is 79.5 Å². The lowest BCUT2D eigenvalue weighted by Crippen LogP contribution is -2.52. The summed E-state index contributed by atoms with van der Waals surface area (Å²) in [6.45, 7) is 5.30. The number of likely N-dealkylation sites (N-methyl/N-ethyl adjacent to an activating group) is 1. The van der Waals surface area contributed by atoms with Gasteiger partial charge in [-0.25, -0.2) is 0 Å². The number of carbonyl (C=O) groups is 1. The van der Waals surface area contributed by atoms with Crippen molar-refractivity contribution in [3.05, 3.63) is 18.0 Å². The molecule has 1 aliphatic carbocycles. The minimum Gasteiger partial charge on any atom is -0.381 e. The Morgan fingerprint density at radius 3 is 2.89 bits per heavy atom. The molecule has 0 bridgehead atoms. The molecule has 2 N–H and O–H groups in total. The van der Waals surface area contributed by atoms with Crippen LogP contribution in [0.1, 0.15) is 51.0 Å². The maximum Gasteiger partial charge on any atom is 0.225 e. The highest BCUT2D eigenvalue weighted by Gasteiger charge is 2.36. The van der Waals surface area contributed by atoms with E-state index < -0.39 is 0 Å². The van der Waals surface area contributed by atoms with Gasteiger partial charge in [-0.1, -0.05) is 6.92 Å². The van der Waals surface area contributed by atoms with Crippen LogP contribution in [0.25, 0.3) is 0 Å². The van der Waals surface area contributed by atoms with Crippen LogP contribution in [0, 0.1) is 5.92 Å². The first-order valence-corrected chi connectivity index (χ1v) is 10.9. The van der Waals surface area contributed by atoms with Crippen molar-refractivity contribution in [3.8, 4) is 0 Å². The maximum absolute atomic E-state index is 13.0. The number of aromatic nitrogens is 2.